The molecule has 5 nitrogen and oxygen atoms in total. The van der Waals surface area contributed by atoms with E-state index in [-0.39, 0.29) is 0 Å². The zero-order valence-corrected chi connectivity index (χ0v) is 15.7. The first kappa shape index (κ1) is 17.9. The van der Waals surface area contributed by atoms with Crippen molar-refractivity contribution in [1.82, 2.24) is 9.78 Å². The number of aromatic nitrogens is 2. The van der Waals surface area contributed by atoms with E-state index in [1.54, 1.807) is 10.9 Å². The molecule has 134 valence electrons. The van der Waals surface area contributed by atoms with Gasteiger partial charge in [0.1, 0.15) is 5.75 Å². The molecule has 2 N–H and O–H groups in total. The maximum atomic E-state index is 5.75. The first-order chi connectivity index (χ1) is 12.6. The van der Waals surface area contributed by atoms with E-state index < -0.39 is 0 Å². The van der Waals surface area contributed by atoms with Gasteiger partial charge in [-0.3, -0.25) is 0 Å². The third-order valence-corrected chi connectivity index (χ3v) is 4.18. The molecule has 0 spiro atoms. The molecular weight excluding hydrogens is 344 g/mol. The average molecular weight is 366 g/mol. The highest BCUT2D eigenvalue weighted by Gasteiger charge is 2.04. The lowest BCUT2D eigenvalue weighted by Gasteiger charge is -2.11. The van der Waals surface area contributed by atoms with Crippen LogP contribution in [0.5, 0.6) is 5.75 Å². The molecule has 0 atom stereocenters. The molecule has 1 heterocycles. The first-order valence-corrected chi connectivity index (χ1v) is 8.92. The van der Waals surface area contributed by atoms with Crippen molar-refractivity contribution < 1.29 is 4.74 Å². The summed E-state index contributed by atoms with van der Waals surface area (Å²) < 4.78 is 7.46. The molecule has 26 heavy (non-hydrogen) atoms. The summed E-state index contributed by atoms with van der Waals surface area (Å²) in [5.41, 5.74) is 4.21. The number of rotatable bonds is 6. The number of nitrogens with zero attached hydrogens (tertiary/aromatic N) is 2. The second-order valence-corrected chi connectivity index (χ2v) is 6.34. The third-order valence-electron chi connectivity index (χ3n) is 3.98. The zero-order valence-electron chi connectivity index (χ0n) is 14.9. The Morgan fingerprint density at radius 2 is 1.88 bits per heavy atom. The summed E-state index contributed by atoms with van der Waals surface area (Å²) >= 11 is 5.36. The van der Waals surface area contributed by atoms with Crippen molar-refractivity contribution in [2.45, 2.75) is 27.0 Å². The van der Waals surface area contributed by atoms with Crippen molar-refractivity contribution in [3.05, 3.63) is 72.1 Å². The Hall–Kier alpha value is -2.86. The van der Waals surface area contributed by atoms with Gasteiger partial charge in [-0.1, -0.05) is 37.3 Å². The molecule has 1 aromatic heterocycles. The fourth-order valence-electron chi connectivity index (χ4n) is 2.46. The molecule has 0 aliphatic heterocycles. The molecule has 2 aromatic carbocycles. The molecule has 0 bridgehead atoms. The molecule has 0 saturated heterocycles. The maximum Gasteiger partial charge on any atom is 0.180 e. The van der Waals surface area contributed by atoms with E-state index in [0.29, 0.717) is 11.8 Å². The van der Waals surface area contributed by atoms with Crippen molar-refractivity contribution in [1.29, 1.82) is 0 Å². The predicted molar refractivity (Wildman–Crippen MR) is 110 cm³/mol. The van der Waals surface area contributed by atoms with E-state index >= 15 is 0 Å². The Morgan fingerprint density at radius 3 is 2.62 bits per heavy atom. The molecule has 0 radical (unpaired) electrons. The monoisotopic (exact) mass is 366 g/mol. The van der Waals surface area contributed by atoms with Gasteiger partial charge in [0.05, 0.1) is 18.1 Å². The predicted octanol–water partition coefficient (Wildman–Crippen LogP) is 4.60. The smallest absolute Gasteiger partial charge is 0.180 e. The SMILES string of the molecule is CCc1ccc(OCn2cc(NC(=S)Nc3ccccc3C)cn2)cc1. The van der Waals surface area contributed by atoms with Crippen LogP contribution >= 0.6 is 12.2 Å². The third kappa shape index (κ3) is 4.83. The van der Waals surface area contributed by atoms with E-state index in [0.717, 1.165) is 29.1 Å². The first-order valence-electron chi connectivity index (χ1n) is 8.52. The lowest BCUT2D eigenvalue weighted by atomic mass is 10.2. The number of ether oxygens (including phenoxy) is 1. The maximum absolute atomic E-state index is 5.75. The molecule has 0 saturated carbocycles. The minimum Gasteiger partial charge on any atom is -0.471 e. The Morgan fingerprint density at radius 1 is 1.12 bits per heavy atom. The Bertz CT molecular complexity index is 874. The van der Waals surface area contributed by atoms with Gasteiger partial charge in [0.15, 0.2) is 11.8 Å². The van der Waals surface area contributed by atoms with Gasteiger partial charge >= 0.3 is 0 Å². The van der Waals surface area contributed by atoms with Crippen molar-refractivity contribution >= 4 is 28.7 Å². The number of nitrogens with one attached hydrogen (secondary N) is 2. The largest absolute Gasteiger partial charge is 0.471 e. The van der Waals surface area contributed by atoms with E-state index in [9.17, 15) is 0 Å². The summed E-state index contributed by atoms with van der Waals surface area (Å²) in [4.78, 5) is 0. The average Bonchev–Trinajstić information content (AvgIpc) is 3.09. The summed E-state index contributed by atoms with van der Waals surface area (Å²) in [6, 6.07) is 16.1. The molecule has 3 aromatic rings. The van der Waals surface area contributed by atoms with Crippen LogP contribution in [0.25, 0.3) is 0 Å². The molecule has 3 rings (SSSR count). The second-order valence-electron chi connectivity index (χ2n) is 5.93. The van der Waals surface area contributed by atoms with Crippen LogP contribution < -0.4 is 15.4 Å². The van der Waals surface area contributed by atoms with Crippen LogP contribution in [0.1, 0.15) is 18.1 Å². The van der Waals surface area contributed by atoms with Crippen LogP contribution in [0.3, 0.4) is 0 Å². The summed E-state index contributed by atoms with van der Waals surface area (Å²) in [6.45, 7) is 4.50. The standard InChI is InChI=1S/C20H22N4OS/c1-3-16-8-10-18(11-9-16)25-14-24-13-17(12-21-24)22-20(26)23-19-7-5-4-6-15(19)2/h4-13H,3,14H2,1-2H3,(H2,22,23,26). The highest BCUT2D eigenvalue weighted by atomic mass is 32.1. The molecule has 0 unspecified atom stereocenters. The molecular formula is C20H22N4OS. The van der Waals surface area contributed by atoms with Gasteiger partial charge in [-0.15, -0.1) is 0 Å². The van der Waals surface area contributed by atoms with Crippen LogP contribution in [0.2, 0.25) is 0 Å². The second kappa shape index (κ2) is 8.49. The van der Waals surface area contributed by atoms with Gasteiger partial charge < -0.3 is 15.4 Å². The van der Waals surface area contributed by atoms with Crippen molar-refractivity contribution in [3.8, 4) is 5.75 Å². The van der Waals surface area contributed by atoms with Gasteiger partial charge in [0.2, 0.25) is 0 Å². The zero-order chi connectivity index (χ0) is 18.4. The van der Waals surface area contributed by atoms with Crippen LogP contribution in [0.15, 0.2) is 60.9 Å². The van der Waals surface area contributed by atoms with Crippen LogP contribution in [0, 0.1) is 6.92 Å². The van der Waals surface area contributed by atoms with E-state index in [4.69, 9.17) is 17.0 Å². The molecule has 0 fully saturated rings. The number of para-hydroxylation sites is 1. The highest BCUT2D eigenvalue weighted by Crippen LogP contribution is 2.15. The van der Waals surface area contributed by atoms with Crippen molar-refractivity contribution in [3.63, 3.8) is 0 Å². The fourth-order valence-corrected chi connectivity index (χ4v) is 2.69. The number of hydrogen-bond acceptors (Lipinski definition) is 3. The quantitative estimate of drug-likeness (QED) is 0.625. The van der Waals surface area contributed by atoms with Gasteiger partial charge in [0, 0.05) is 5.69 Å². The Balaban J connectivity index is 1.52. The lowest BCUT2D eigenvalue weighted by Crippen LogP contribution is -2.19. The van der Waals surface area contributed by atoms with E-state index in [1.165, 1.54) is 5.56 Å². The van der Waals surface area contributed by atoms with Crippen molar-refractivity contribution in [2.75, 3.05) is 10.6 Å². The summed E-state index contributed by atoms with van der Waals surface area (Å²) in [7, 11) is 0. The van der Waals surface area contributed by atoms with E-state index in [2.05, 4.69) is 34.8 Å². The van der Waals surface area contributed by atoms with Crippen LogP contribution in [-0.4, -0.2) is 14.9 Å². The van der Waals surface area contributed by atoms with Crippen LogP contribution in [-0.2, 0) is 13.2 Å². The fraction of sp³-hybridized carbons (Fsp3) is 0.200. The van der Waals surface area contributed by atoms with Gasteiger partial charge in [0.25, 0.3) is 0 Å². The van der Waals surface area contributed by atoms with Gasteiger partial charge in [-0.05, 0) is 54.9 Å². The molecule has 0 aliphatic carbocycles. The number of anilines is 2. The normalized spacial score (nSPS) is 10.4. The van der Waals surface area contributed by atoms with E-state index in [1.807, 2.05) is 49.5 Å². The molecule has 0 amide bonds. The number of benzene rings is 2. The Labute approximate surface area is 159 Å². The van der Waals surface area contributed by atoms with Crippen LogP contribution in [0.4, 0.5) is 11.4 Å². The minimum absolute atomic E-state index is 0.338. The summed E-state index contributed by atoms with van der Waals surface area (Å²) in [6.07, 6.45) is 4.59. The van der Waals surface area contributed by atoms with Crippen molar-refractivity contribution in [2.24, 2.45) is 0 Å². The highest BCUT2D eigenvalue weighted by molar-refractivity contribution is 7.80. The summed E-state index contributed by atoms with van der Waals surface area (Å²) in [5.74, 6) is 0.823. The summed E-state index contributed by atoms with van der Waals surface area (Å²) in [5, 5.41) is 11.1. The van der Waals surface area contributed by atoms with Gasteiger partial charge in [-0.2, -0.15) is 5.10 Å². The number of hydrogen-bond donors (Lipinski definition) is 2. The molecule has 6 heteroatoms. The Kier molecular flexibility index (Phi) is 5.86. The lowest BCUT2D eigenvalue weighted by molar-refractivity contribution is 0.221. The number of aryl methyl sites for hydroxylation is 2. The topological polar surface area (TPSA) is 51.1 Å². The number of thiocarbonyl (C=S) groups is 1. The molecule has 0 aliphatic rings. The van der Waals surface area contributed by atoms with Gasteiger partial charge in [-0.25, -0.2) is 4.68 Å². The minimum atomic E-state index is 0.338.